The van der Waals surface area contributed by atoms with Crippen LogP contribution in [0, 0.1) is 5.92 Å². The third kappa shape index (κ3) is 3.15. The van der Waals surface area contributed by atoms with Crippen LogP contribution in [0.3, 0.4) is 0 Å². The maximum Gasteiger partial charge on any atom is 0.249 e. The van der Waals surface area contributed by atoms with Crippen molar-refractivity contribution in [1.82, 2.24) is 5.32 Å². The summed E-state index contributed by atoms with van der Waals surface area (Å²) in [5, 5.41) is 2.80. The van der Waals surface area contributed by atoms with E-state index in [1.807, 2.05) is 38.1 Å². The lowest BCUT2D eigenvalue weighted by atomic mass is 10.0. The molecule has 1 atom stereocenters. The first-order chi connectivity index (χ1) is 8.99. The molecule has 2 rings (SSSR count). The van der Waals surface area contributed by atoms with Gasteiger partial charge in [0.1, 0.15) is 6.04 Å². The second-order valence-electron chi connectivity index (χ2n) is 5.01. The van der Waals surface area contributed by atoms with Gasteiger partial charge in [0, 0.05) is 23.1 Å². The van der Waals surface area contributed by atoms with E-state index in [1.165, 1.54) is 0 Å². The first kappa shape index (κ1) is 14.1. The molecule has 1 heterocycles. The van der Waals surface area contributed by atoms with Gasteiger partial charge in [-0.1, -0.05) is 35.8 Å². The van der Waals surface area contributed by atoms with Crippen LogP contribution in [-0.2, 0) is 9.59 Å². The Hall–Kier alpha value is -1.36. The van der Waals surface area contributed by atoms with Crippen molar-refractivity contribution in [2.75, 3.05) is 11.4 Å². The summed E-state index contributed by atoms with van der Waals surface area (Å²) in [6, 6.07) is 7.13. The highest BCUT2D eigenvalue weighted by molar-refractivity contribution is 9.10. The molecule has 4 nitrogen and oxygen atoms in total. The molecule has 1 saturated heterocycles. The topological polar surface area (TPSA) is 49.4 Å². The monoisotopic (exact) mass is 324 g/mol. The van der Waals surface area contributed by atoms with Crippen molar-refractivity contribution in [2.45, 2.75) is 26.3 Å². The Balaban J connectivity index is 2.33. The fourth-order valence-corrected chi connectivity index (χ4v) is 2.54. The molecular weight excluding hydrogens is 308 g/mol. The molecular formula is C14H17BrN2O2. The van der Waals surface area contributed by atoms with Crippen molar-refractivity contribution < 1.29 is 9.59 Å². The minimum atomic E-state index is -0.450. The quantitative estimate of drug-likeness (QED) is 0.907. The van der Waals surface area contributed by atoms with Crippen molar-refractivity contribution in [3.63, 3.8) is 0 Å². The lowest BCUT2D eigenvalue weighted by molar-refractivity contribution is -0.126. The zero-order chi connectivity index (χ0) is 14.0. The van der Waals surface area contributed by atoms with Crippen LogP contribution in [0.5, 0.6) is 0 Å². The van der Waals surface area contributed by atoms with Gasteiger partial charge in [-0.2, -0.15) is 0 Å². The molecule has 0 spiro atoms. The summed E-state index contributed by atoms with van der Waals surface area (Å²) in [6.07, 6.45) is 0.335. The van der Waals surface area contributed by atoms with Crippen molar-refractivity contribution in [1.29, 1.82) is 0 Å². The van der Waals surface area contributed by atoms with Crippen LogP contribution in [0.4, 0.5) is 5.69 Å². The van der Waals surface area contributed by atoms with Gasteiger partial charge in [0.05, 0.1) is 0 Å². The highest BCUT2D eigenvalue weighted by atomic mass is 79.9. The molecule has 1 aliphatic heterocycles. The molecule has 0 radical (unpaired) electrons. The second-order valence-corrected chi connectivity index (χ2v) is 5.92. The first-order valence-electron chi connectivity index (χ1n) is 6.35. The second kappa shape index (κ2) is 5.74. The van der Waals surface area contributed by atoms with Gasteiger partial charge >= 0.3 is 0 Å². The lowest BCUT2D eigenvalue weighted by Crippen LogP contribution is -2.47. The molecule has 0 aliphatic carbocycles. The molecule has 1 unspecified atom stereocenters. The molecule has 1 aromatic rings. The van der Waals surface area contributed by atoms with Crippen molar-refractivity contribution in [2.24, 2.45) is 5.92 Å². The van der Waals surface area contributed by atoms with Crippen LogP contribution in [0.2, 0.25) is 0 Å². The minimum Gasteiger partial charge on any atom is -0.344 e. The van der Waals surface area contributed by atoms with Crippen molar-refractivity contribution >= 4 is 33.4 Å². The number of rotatable bonds is 2. The third-order valence-corrected chi connectivity index (χ3v) is 3.69. The van der Waals surface area contributed by atoms with E-state index in [4.69, 9.17) is 0 Å². The maximum atomic E-state index is 12.5. The van der Waals surface area contributed by atoms with Gasteiger partial charge in [0.25, 0.3) is 0 Å². The van der Waals surface area contributed by atoms with Gasteiger partial charge in [0.2, 0.25) is 11.8 Å². The van der Waals surface area contributed by atoms with Gasteiger partial charge in [-0.3, -0.25) is 9.59 Å². The Morgan fingerprint density at radius 1 is 1.37 bits per heavy atom. The van der Waals surface area contributed by atoms with Gasteiger partial charge in [-0.05, 0) is 24.1 Å². The van der Waals surface area contributed by atoms with Crippen molar-refractivity contribution in [3.8, 4) is 0 Å². The van der Waals surface area contributed by atoms with Crippen molar-refractivity contribution in [3.05, 3.63) is 28.7 Å². The van der Waals surface area contributed by atoms with E-state index in [9.17, 15) is 9.59 Å². The molecule has 1 N–H and O–H groups in total. The Bertz CT molecular complexity index is 502. The van der Waals surface area contributed by atoms with E-state index in [1.54, 1.807) is 4.90 Å². The number of amides is 2. The molecule has 0 saturated carbocycles. The average Bonchev–Trinajstić information content (AvgIpc) is 2.49. The van der Waals surface area contributed by atoms with Crippen LogP contribution in [-0.4, -0.2) is 24.4 Å². The molecule has 5 heteroatoms. The third-order valence-electron chi connectivity index (χ3n) is 3.20. The van der Waals surface area contributed by atoms with Gasteiger partial charge in [0.15, 0.2) is 0 Å². The summed E-state index contributed by atoms with van der Waals surface area (Å²) in [5.41, 5.74) is 0.821. The molecule has 1 aliphatic rings. The highest BCUT2D eigenvalue weighted by Gasteiger charge is 2.32. The number of nitrogens with one attached hydrogen (secondary N) is 1. The Kier molecular flexibility index (Phi) is 4.24. The van der Waals surface area contributed by atoms with Gasteiger partial charge in [-0.25, -0.2) is 0 Å². The van der Waals surface area contributed by atoms with Gasteiger partial charge in [-0.15, -0.1) is 0 Å². The smallest absolute Gasteiger partial charge is 0.249 e. The lowest BCUT2D eigenvalue weighted by Gasteiger charge is -2.26. The molecule has 1 fully saturated rings. The number of anilines is 1. The van der Waals surface area contributed by atoms with E-state index in [-0.39, 0.29) is 17.7 Å². The summed E-state index contributed by atoms with van der Waals surface area (Å²) in [5.74, 6) is -0.0345. The maximum absolute atomic E-state index is 12.5. The Morgan fingerprint density at radius 3 is 2.74 bits per heavy atom. The zero-order valence-electron chi connectivity index (χ0n) is 11.0. The van der Waals surface area contributed by atoms with Crippen LogP contribution in [0.15, 0.2) is 28.7 Å². The fraction of sp³-hybridized carbons (Fsp3) is 0.429. The SMILES string of the molecule is CC(C)C1NC(=O)CCN(c2cccc(Br)c2)C1=O. The fourth-order valence-electron chi connectivity index (χ4n) is 2.15. The number of hydrogen-bond acceptors (Lipinski definition) is 2. The number of hydrogen-bond donors (Lipinski definition) is 1. The zero-order valence-corrected chi connectivity index (χ0v) is 12.6. The van der Waals surface area contributed by atoms with Crippen LogP contribution < -0.4 is 10.2 Å². The summed E-state index contributed by atoms with van der Waals surface area (Å²) in [7, 11) is 0. The number of benzene rings is 1. The predicted octanol–water partition coefficient (Wildman–Crippen LogP) is 2.33. The largest absolute Gasteiger partial charge is 0.344 e. The number of nitrogens with zero attached hydrogens (tertiary/aromatic N) is 1. The molecule has 2 amide bonds. The number of carbonyl (C=O) groups is 2. The van der Waals surface area contributed by atoms with E-state index >= 15 is 0 Å². The van der Waals surface area contributed by atoms with E-state index in [2.05, 4.69) is 21.2 Å². The Morgan fingerprint density at radius 2 is 2.11 bits per heavy atom. The van der Waals surface area contributed by atoms with E-state index in [0.717, 1.165) is 10.2 Å². The van der Waals surface area contributed by atoms with Crippen LogP contribution >= 0.6 is 15.9 Å². The number of carbonyl (C=O) groups excluding carboxylic acids is 2. The summed E-state index contributed by atoms with van der Waals surface area (Å²) in [4.78, 5) is 25.9. The van der Waals surface area contributed by atoms with E-state index in [0.29, 0.717) is 13.0 Å². The minimum absolute atomic E-state index is 0.0426. The summed E-state index contributed by atoms with van der Waals surface area (Å²) >= 11 is 3.40. The standard InChI is InChI=1S/C14H17BrN2O2/c1-9(2)13-14(19)17(7-6-12(18)16-13)11-5-3-4-10(15)8-11/h3-5,8-9,13H,6-7H2,1-2H3,(H,16,18). The summed E-state index contributed by atoms with van der Waals surface area (Å²) < 4.78 is 0.919. The molecule has 0 bridgehead atoms. The normalized spacial score (nSPS) is 20.4. The molecule has 19 heavy (non-hydrogen) atoms. The number of halogens is 1. The predicted molar refractivity (Wildman–Crippen MR) is 77.9 cm³/mol. The van der Waals surface area contributed by atoms with Crippen LogP contribution in [0.1, 0.15) is 20.3 Å². The molecule has 0 aromatic heterocycles. The molecule has 102 valence electrons. The van der Waals surface area contributed by atoms with E-state index < -0.39 is 6.04 Å². The van der Waals surface area contributed by atoms with Crippen LogP contribution in [0.25, 0.3) is 0 Å². The van der Waals surface area contributed by atoms with Gasteiger partial charge < -0.3 is 10.2 Å². The highest BCUT2D eigenvalue weighted by Crippen LogP contribution is 2.23. The molecule has 1 aromatic carbocycles. The summed E-state index contributed by atoms with van der Waals surface area (Å²) in [6.45, 7) is 4.30. The first-order valence-corrected chi connectivity index (χ1v) is 7.14. The average molecular weight is 325 g/mol. The Labute approximate surface area is 121 Å².